The lowest BCUT2D eigenvalue weighted by Gasteiger charge is -2.19. The predicted octanol–water partition coefficient (Wildman–Crippen LogP) is 4.52. The summed E-state index contributed by atoms with van der Waals surface area (Å²) in [6.07, 6.45) is 0. The van der Waals surface area contributed by atoms with E-state index in [0.717, 1.165) is 0 Å². The molecule has 0 saturated carbocycles. The van der Waals surface area contributed by atoms with Crippen molar-refractivity contribution >= 4 is 0 Å². The third-order valence-corrected chi connectivity index (χ3v) is 3.12. The summed E-state index contributed by atoms with van der Waals surface area (Å²) >= 11 is 0. The Hall–Kier alpha value is -2.78. The number of ether oxygens (including phenoxy) is 1. The highest BCUT2D eigenvalue weighted by molar-refractivity contribution is 5.47. The van der Waals surface area contributed by atoms with E-state index in [-0.39, 0.29) is 5.41 Å². The van der Waals surface area contributed by atoms with Crippen molar-refractivity contribution in [3.05, 3.63) is 59.2 Å². The van der Waals surface area contributed by atoms with Crippen LogP contribution in [0.4, 0.5) is 0 Å². The van der Waals surface area contributed by atoms with Crippen molar-refractivity contribution in [1.82, 2.24) is 0 Å². The first-order valence-corrected chi connectivity index (χ1v) is 6.66. The van der Waals surface area contributed by atoms with Crippen LogP contribution in [0.3, 0.4) is 0 Å². The van der Waals surface area contributed by atoms with Crippen molar-refractivity contribution in [2.24, 2.45) is 0 Å². The number of nitrogens with zero attached hydrogens (tertiary/aromatic N) is 2. The maximum atomic E-state index is 8.96. The lowest BCUT2D eigenvalue weighted by molar-refractivity contribution is 0.481. The molecule has 0 aliphatic rings. The first-order valence-electron chi connectivity index (χ1n) is 6.66. The molecule has 0 aromatic heterocycles. The Morgan fingerprint density at radius 3 is 1.76 bits per heavy atom. The van der Waals surface area contributed by atoms with E-state index in [1.54, 1.807) is 12.1 Å². The summed E-state index contributed by atoms with van der Waals surface area (Å²) in [6.45, 7) is 6.45. The van der Waals surface area contributed by atoms with Crippen LogP contribution < -0.4 is 4.74 Å². The number of nitriles is 2. The molecule has 0 N–H and O–H groups in total. The smallest absolute Gasteiger partial charge is 0.130 e. The van der Waals surface area contributed by atoms with Crippen LogP contribution >= 0.6 is 0 Å². The summed E-state index contributed by atoms with van der Waals surface area (Å²) in [5.41, 5.74) is 2.14. The minimum absolute atomic E-state index is 0.0905. The highest BCUT2D eigenvalue weighted by atomic mass is 16.5. The Labute approximate surface area is 125 Å². The molecule has 3 heteroatoms. The van der Waals surface area contributed by atoms with Gasteiger partial charge in [-0.1, -0.05) is 32.9 Å². The second kappa shape index (κ2) is 5.69. The van der Waals surface area contributed by atoms with Crippen LogP contribution in [-0.2, 0) is 5.41 Å². The number of rotatable bonds is 2. The van der Waals surface area contributed by atoms with Gasteiger partial charge in [-0.3, -0.25) is 0 Å². The van der Waals surface area contributed by atoms with E-state index in [0.29, 0.717) is 22.6 Å². The van der Waals surface area contributed by atoms with E-state index in [2.05, 4.69) is 20.8 Å². The molecule has 3 nitrogen and oxygen atoms in total. The van der Waals surface area contributed by atoms with Crippen LogP contribution in [0.1, 0.15) is 37.5 Å². The Balaban J connectivity index is 2.27. The van der Waals surface area contributed by atoms with Gasteiger partial charge in [0.15, 0.2) is 0 Å². The average molecular weight is 276 g/mol. The van der Waals surface area contributed by atoms with Crippen LogP contribution in [0.15, 0.2) is 42.5 Å². The second-order valence-electron chi connectivity index (χ2n) is 5.85. The normalized spacial score (nSPS) is 10.5. The van der Waals surface area contributed by atoms with E-state index >= 15 is 0 Å². The van der Waals surface area contributed by atoms with Crippen LogP contribution in [0.2, 0.25) is 0 Å². The largest absolute Gasteiger partial charge is 0.457 e. The SMILES string of the molecule is CC(C)(C)c1ccc(Oc2cc(C#N)cc(C#N)c2)cc1. The molecule has 0 radical (unpaired) electrons. The summed E-state index contributed by atoms with van der Waals surface area (Å²) in [6, 6.07) is 16.7. The molecule has 2 aromatic rings. The predicted molar refractivity (Wildman–Crippen MR) is 81.1 cm³/mol. The fourth-order valence-electron chi connectivity index (χ4n) is 1.95. The van der Waals surface area contributed by atoms with E-state index in [4.69, 9.17) is 15.3 Å². The van der Waals surface area contributed by atoms with Gasteiger partial charge < -0.3 is 4.74 Å². The molecule has 0 heterocycles. The summed E-state index contributed by atoms with van der Waals surface area (Å²) < 4.78 is 5.73. The third kappa shape index (κ3) is 3.61. The molecule has 0 saturated heterocycles. The molecule has 0 bridgehead atoms. The maximum Gasteiger partial charge on any atom is 0.130 e. The van der Waals surface area contributed by atoms with Crippen LogP contribution in [0.5, 0.6) is 11.5 Å². The Morgan fingerprint density at radius 1 is 0.810 bits per heavy atom. The standard InChI is InChI=1S/C18H16N2O/c1-18(2,3)15-4-6-16(7-5-15)21-17-9-13(11-19)8-14(10-17)12-20/h4-10H,1-3H3. The zero-order valence-corrected chi connectivity index (χ0v) is 12.3. The molecular formula is C18H16N2O. The quantitative estimate of drug-likeness (QED) is 0.810. The van der Waals surface area contributed by atoms with Crippen LogP contribution in [0, 0.1) is 22.7 Å². The van der Waals surface area contributed by atoms with E-state index in [1.165, 1.54) is 11.6 Å². The molecule has 0 aliphatic heterocycles. The minimum atomic E-state index is 0.0905. The fraction of sp³-hybridized carbons (Fsp3) is 0.222. The lowest BCUT2D eigenvalue weighted by Crippen LogP contribution is -2.10. The zero-order chi connectivity index (χ0) is 15.5. The monoisotopic (exact) mass is 276 g/mol. The second-order valence-corrected chi connectivity index (χ2v) is 5.85. The molecular weight excluding hydrogens is 260 g/mol. The van der Waals surface area contributed by atoms with Crippen molar-refractivity contribution in [1.29, 1.82) is 10.5 Å². The Kier molecular flexibility index (Phi) is 3.96. The topological polar surface area (TPSA) is 56.8 Å². The Morgan fingerprint density at radius 2 is 1.33 bits per heavy atom. The van der Waals surface area contributed by atoms with Gasteiger partial charge in [-0.2, -0.15) is 10.5 Å². The summed E-state index contributed by atoms with van der Waals surface area (Å²) in [7, 11) is 0. The molecule has 0 amide bonds. The molecule has 2 aromatic carbocycles. The first kappa shape index (κ1) is 14.6. The van der Waals surface area contributed by atoms with Gasteiger partial charge in [-0.05, 0) is 41.3 Å². The van der Waals surface area contributed by atoms with E-state index in [1.807, 2.05) is 36.4 Å². The summed E-state index contributed by atoms with van der Waals surface area (Å²) in [5, 5.41) is 17.9. The molecule has 0 unspecified atom stereocenters. The third-order valence-electron chi connectivity index (χ3n) is 3.12. The number of benzene rings is 2. The average Bonchev–Trinajstić information content (AvgIpc) is 2.46. The van der Waals surface area contributed by atoms with Gasteiger partial charge >= 0.3 is 0 Å². The van der Waals surface area contributed by atoms with Gasteiger partial charge in [0.2, 0.25) is 0 Å². The van der Waals surface area contributed by atoms with Crippen molar-refractivity contribution in [3.63, 3.8) is 0 Å². The molecule has 0 fully saturated rings. The molecule has 2 rings (SSSR count). The first-order chi connectivity index (χ1) is 9.92. The summed E-state index contributed by atoms with van der Waals surface area (Å²) in [5.74, 6) is 1.18. The minimum Gasteiger partial charge on any atom is -0.457 e. The van der Waals surface area contributed by atoms with E-state index < -0.39 is 0 Å². The Bertz CT molecular complexity index is 694. The van der Waals surface area contributed by atoms with Crippen molar-refractivity contribution < 1.29 is 4.74 Å². The van der Waals surface area contributed by atoms with Crippen molar-refractivity contribution in [2.75, 3.05) is 0 Å². The van der Waals surface area contributed by atoms with Crippen molar-refractivity contribution in [2.45, 2.75) is 26.2 Å². The summed E-state index contributed by atoms with van der Waals surface area (Å²) in [4.78, 5) is 0. The van der Waals surface area contributed by atoms with Crippen molar-refractivity contribution in [3.8, 4) is 23.6 Å². The molecule has 21 heavy (non-hydrogen) atoms. The van der Waals surface area contributed by atoms with Gasteiger partial charge in [0.1, 0.15) is 11.5 Å². The number of hydrogen-bond acceptors (Lipinski definition) is 3. The molecule has 104 valence electrons. The zero-order valence-electron chi connectivity index (χ0n) is 12.3. The fourth-order valence-corrected chi connectivity index (χ4v) is 1.95. The van der Waals surface area contributed by atoms with Gasteiger partial charge in [-0.15, -0.1) is 0 Å². The highest BCUT2D eigenvalue weighted by Crippen LogP contribution is 2.27. The molecule has 0 atom stereocenters. The number of hydrogen-bond donors (Lipinski definition) is 0. The van der Waals surface area contributed by atoms with Crippen LogP contribution in [0.25, 0.3) is 0 Å². The van der Waals surface area contributed by atoms with E-state index in [9.17, 15) is 0 Å². The maximum absolute atomic E-state index is 8.96. The van der Waals surface area contributed by atoms with Gasteiger partial charge in [0, 0.05) is 0 Å². The van der Waals surface area contributed by atoms with Gasteiger partial charge in [0.25, 0.3) is 0 Å². The lowest BCUT2D eigenvalue weighted by atomic mass is 9.87. The van der Waals surface area contributed by atoms with Gasteiger partial charge in [0.05, 0.1) is 23.3 Å². The molecule has 0 aliphatic carbocycles. The highest BCUT2D eigenvalue weighted by Gasteiger charge is 2.13. The molecule has 0 spiro atoms. The van der Waals surface area contributed by atoms with Gasteiger partial charge in [-0.25, -0.2) is 0 Å². The van der Waals surface area contributed by atoms with Crippen LogP contribution in [-0.4, -0.2) is 0 Å².